The minimum Gasteiger partial charge on any atom is -0.351 e. The van der Waals surface area contributed by atoms with E-state index in [0.717, 1.165) is 0 Å². The van der Waals surface area contributed by atoms with Gasteiger partial charge in [0.05, 0.1) is 0 Å². The highest BCUT2D eigenvalue weighted by molar-refractivity contribution is 5.81. The third-order valence-electron chi connectivity index (χ3n) is 1.96. The van der Waals surface area contributed by atoms with Crippen molar-refractivity contribution in [3.05, 3.63) is 36.7 Å². The number of benzene rings is 1. The summed E-state index contributed by atoms with van der Waals surface area (Å²) in [6.07, 6.45) is 4.01. The lowest BCUT2D eigenvalue weighted by Gasteiger charge is -1.93. The van der Waals surface area contributed by atoms with E-state index in [1.54, 1.807) is 0 Å². The molecule has 12 heavy (non-hydrogen) atoms. The molecule has 2 nitrogen and oxygen atoms in total. The molecule has 0 N–H and O–H groups in total. The first-order valence-corrected chi connectivity index (χ1v) is 4.03. The second-order valence-electron chi connectivity index (χ2n) is 2.83. The minimum absolute atomic E-state index is 0.0546. The zero-order valence-corrected chi connectivity index (χ0v) is 6.73. The second-order valence-corrected chi connectivity index (χ2v) is 2.83. The molecule has 2 aromatic rings. The van der Waals surface area contributed by atoms with Crippen LogP contribution in [0.3, 0.4) is 0 Å². The number of rotatable bonds is 2. The van der Waals surface area contributed by atoms with Gasteiger partial charge in [-0.3, -0.25) is 0 Å². The average Bonchev–Trinajstić information content (AvgIpc) is 2.47. The third kappa shape index (κ3) is 1.21. The fourth-order valence-electron chi connectivity index (χ4n) is 1.38. The van der Waals surface area contributed by atoms with Crippen LogP contribution in [-0.4, -0.2) is 11.2 Å². The van der Waals surface area contributed by atoms with Crippen molar-refractivity contribution in [2.24, 2.45) is 0 Å². The highest BCUT2D eigenvalue weighted by Gasteiger charge is 1.95. The van der Waals surface area contributed by atoms with E-state index in [-0.39, 0.29) is 6.61 Å². The summed E-state index contributed by atoms with van der Waals surface area (Å²) in [6.45, 7) is 0.510. The van der Waals surface area contributed by atoms with Crippen LogP contribution < -0.4 is 0 Å². The van der Waals surface area contributed by atoms with Gasteiger partial charge < -0.3 is 4.57 Å². The van der Waals surface area contributed by atoms with Crippen molar-refractivity contribution in [3.8, 4) is 0 Å². The standard InChI is InChI=1S/C10H10NO/c12-6-5-11-7-9-3-1-2-4-10(9)8-11/h1-4,7-8H,5-6H2. The predicted octanol–water partition coefficient (Wildman–Crippen LogP) is 2.07. The van der Waals surface area contributed by atoms with Crippen molar-refractivity contribution in [1.82, 2.24) is 4.57 Å². The Hall–Kier alpha value is -1.28. The molecule has 0 amide bonds. The Kier molecular flexibility index (Phi) is 1.84. The van der Waals surface area contributed by atoms with E-state index in [0.29, 0.717) is 6.54 Å². The van der Waals surface area contributed by atoms with E-state index in [4.69, 9.17) is 0 Å². The molecule has 0 aliphatic heterocycles. The lowest BCUT2D eigenvalue weighted by Crippen LogP contribution is -1.96. The Bertz CT molecular complexity index is 345. The fourth-order valence-corrected chi connectivity index (χ4v) is 1.38. The molecular formula is C10H10NO. The summed E-state index contributed by atoms with van der Waals surface area (Å²) < 4.78 is 1.94. The lowest BCUT2D eigenvalue weighted by atomic mass is 10.2. The fraction of sp³-hybridized carbons (Fsp3) is 0.200. The highest BCUT2D eigenvalue weighted by atomic mass is 16.3. The maximum Gasteiger partial charge on any atom is 0.100 e. The molecule has 0 bridgehead atoms. The van der Waals surface area contributed by atoms with Gasteiger partial charge in [0, 0.05) is 18.9 Å². The summed E-state index contributed by atoms with van der Waals surface area (Å²) in [5.41, 5.74) is 0. The van der Waals surface area contributed by atoms with Gasteiger partial charge >= 0.3 is 0 Å². The minimum atomic E-state index is -0.0546. The Morgan fingerprint density at radius 2 is 1.67 bits per heavy atom. The van der Waals surface area contributed by atoms with E-state index in [1.165, 1.54) is 10.8 Å². The number of aromatic nitrogens is 1. The normalized spacial score (nSPS) is 10.8. The molecule has 2 heteroatoms. The third-order valence-corrected chi connectivity index (χ3v) is 1.96. The Morgan fingerprint density at radius 1 is 1.08 bits per heavy atom. The largest absolute Gasteiger partial charge is 0.351 e. The van der Waals surface area contributed by atoms with Crippen molar-refractivity contribution in [2.45, 2.75) is 6.54 Å². The molecule has 0 unspecified atom stereocenters. The molecular weight excluding hydrogens is 150 g/mol. The summed E-state index contributed by atoms with van der Waals surface area (Å²) in [4.78, 5) is 0. The topological polar surface area (TPSA) is 24.8 Å². The van der Waals surface area contributed by atoms with Crippen molar-refractivity contribution >= 4 is 10.8 Å². The second kappa shape index (κ2) is 2.99. The van der Waals surface area contributed by atoms with Crippen molar-refractivity contribution < 1.29 is 5.11 Å². The predicted molar refractivity (Wildman–Crippen MR) is 47.5 cm³/mol. The van der Waals surface area contributed by atoms with Crippen molar-refractivity contribution in [1.29, 1.82) is 0 Å². The van der Waals surface area contributed by atoms with Crippen molar-refractivity contribution in [3.63, 3.8) is 0 Å². The van der Waals surface area contributed by atoms with E-state index in [2.05, 4.69) is 12.1 Å². The van der Waals surface area contributed by atoms with Crippen LogP contribution in [0.1, 0.15) is 0 Å². The van der Waals surface area contributed by atoms with E-state index < -0.39 is 0 Å². The van der Waals surface area contributed by atoms with Gasteiger partial charge in [0.25, 0.3) is 0 Å². The molecule has 1 aromatic heterocycles. The average molecular weight is 160 g/mol. The summed E-state index contributed by atoms with van der Waals surface area (Å²) >= 11 is 0. The first kappa shape index (κ1) is 7.37. The van der Waals surface area contributed by atoms with Crippen LogP contribution in [0.4, 0.5) is 0 Å². The van der Waals surface area contributed by atoms with E-state index in [9.17, 15) is 5.11 Å². The number of fused-ring (bicyclic) bond motifs is 1. The molecule has 0 saturated carbocycles. The summed E-state index contributed by atoms with van der Waals surface area (Å²) in [5.74, 6) is 0. The SMILES string of the molecule is [O]CCn1cc2ccccc2c1. The lowest BCUT2D eigenvalue weighted by molar-refractivity contribution is 0.181. The number of nitrogens with zero attached hydrogens (tertiary/aromatic N) is 1. The Labute approximate surface area is 71.1 Å². The zero-order valence-electron chi connectivity index (χ0n) is 6.73. The number of hydrogen-bond donors (Lipinski definition) is 0. The zero-order chi connectivity index (χ0) is 8.39. The summed E-state index contributed by atoms with van der Waals surface area (Å²) in [6, 6.07) is 8.11. The molecule has 61 valence electrons. The van der Waals surface area contributed by atoms with Gasteiger partial charge in [-0.25, -0.2) is 5.11 Å². The van der Waals surface area contributed by atoms with Gasteiger partial charge in [-0.05, 0) is 10.8 Å². The van der Waals surface area contributed by atoms with Crippen LogP contribution in [0.2, 0.25) is 0 Å². The molecule has 0 spiro atoms. The van der Waals surface area contributed by atoms with Gasteiger partial charge in [0.1, 0.15) is 6.61 Å². The molecule has 0 fully saturated rings. The molecule has 1 radical (unpaired) electrons. The molecule has 0 aliphatic carbocycles. The van der Waals surface area contributed by atoms with E-state index >= 15 is 0 Å². The van der Waals surface area contributed by atoms with Crippen LogP contribution in [0, 0.1) is 0 Å². The highest BCUT2D eigenvalue weighted by Crippen LogP contribution is 2.13. The van der Waals surface area contributed by atoms with Gasteiger partial charge in [0.15, 0.2) is 0 Å². The molecule has 1 aromatic carbocycles. The van der Waals surface area contributed by atoms with E-state index in [1.807, 2.05) is 29.1 Å². The molecule has 1 heterocycles. The molecule has 0 saturated heterocycles. The van der Waals surface area contributed by atoms with Gasteiger partial charge in [-0.1, -0.05) is 24.3 Å². The van der Waals surface area contributed by atoms with Crippen LogP contribution in [-0.2, 0) is 11.7 Å². The van der Waals surface area contributed by atoms with Gasteiger partial charge in [0.2, 0.25) is 0 Å². The van der Waals surface area contributed by atoms with Crippen LogP contribution in [0.5, 0.6) is 0 Å². The van der Waals surface area contributed by atoms with Crippen LogP contribution >= 0.6 is 0 Å². The quantitative estimate of drug-likeness (QED) is 0.642. The first-order chi connectivity index (χ1) is 5.90. The Balaban J connectivity index is 2.47. The van der Waals surface area contributed by atoms with Crippen LogP contribution in [0.15, 0.2) is 36.7 Å². The maximum atomic E-state index is 10.4. The molecule has 0 atom stereocenters. The molecule has 0 aliphatic rings. The first-order valence-electron chi connectivity index (χ1n) is 4.03. The summed E-state index contributed by atoms with van der Waals surface area (Å²) in [5, 5.41) is 12.8. The smallest absolute Gasteiger partial charge is 0.100 e. The molecule has 2 rings (SSSR count). The maximum absolute atomic E-state index is 10.4. The number of hydrogen-bond acceptors (Lipinski definition) is 0. The van der Waals surface area contributed by atoms with Crippen molar-refractivity contribution in [2.75, 3.05) is 6.61 Å². The van der Waals surface area contributed by atoms with Crippen LogP contribution in [0.25, 0.3) is 10.8 Å². The van der Waals surface area contributed by atoms with Gasteiger partial charge in [-0.15, -0.1) is 0 Å². The van der Waals surface area contributed by atoms with Gasteiger partial charge in [-0.2, -0.15) is 0 Å². The monoisotopic (exact) mass is 160 g/mol. The summed E-state index contributed by atoms with van der Waals surface area (Å²) in [7, 11) is 0. The Morgan fingerprint density at radius 3 is 2.17 bits per heavy atom.